The maximum atomic E-state index is 10.4. The highest BCUT2D eigenvalue weighted by Gasteiger charge is 2.32. The standard InChI is InChI=1S/C14H25N3O/c1-12(2)17-9-6-13(15-17)10-16(3)11-14(18)7-4-5-8-14/h6,9,12,18H,4-5,7-8,10-11H2,1-3H3. The molecule has 0 radical (unpaired) electrons. The van der Waals surface area contributed by atoms with Crippen LogP contribution in [0.25, 0.3) is 0 Å². The number of likely N-dealkylation sites (N-methyl/N-ethyl adjacent to an activating group) is 1. The Hall–Kier alpha value is -0.870. The predicted molar refractivity (Wildman–Crippen MR) is 72.4 cm³/mol. The van der Waals surface area contributed by atoms with E-state index in [-0.39, 0.29) is 0 Å². The highest BCUT2D eigenvalue weighted by Crippen LogP contribution is 2.30. The monoisotopic (exact) mass is 251 g/mol. The topological polar surface area (TPSA) is 41.3 Å². The minimum absolute atomic E-state index is 0.406. The first-order valence-corrected chi connectivity index (χ1v) is 6.93. The van der Waals surface area contributed by atoms with Gasteiger partial charge >= 0.3 is 0 Å². The van der Waals surface area contributed by atoms with Crippen LogP contribution in [0.1, 0.15) is 51.3 Å². The second kappa shape index (κ2) is 5.41. The molecule has 1 fully saturated rings. The number of nitrogens with zero attached hydrogens (tertiary/aromatic N) is 3. The van der Waals surface area contributed by atoms with Crippen molar-refractivity contribution in [3.63, 3.8) is 0 Å². The summed E-state index contributed by atoms with van der Waals surface area (Å²) in [6.45, 7) is 5.81. The maximum absolute atomic E-state index is 10.4. The van der Waals surface area contributed by atoms with E-state index >= 15 is 0 Å². The third-order valence-electron chi connectivity index (χ3n) is 3.72. The molecule has 102 valence electrons. The average Bonchev–Trinajstić information content (AvgIpc) is 2.87. The van der Waals surface area contributed by atoms with Crippen LogP contribution in [0.2, 0.25) is 0 Å². The van der Waals surface area contributed by atoms with Crippen LogP contribution in [0.3, 0.4) is 0 Å². The molecule has 1 aliphatic rings. The summed E-state index contributed by atoms with van der Waals surface area (Å²) >= 11 is 0. The molecule has 0 spiro atoms. The molecule has 4 heteroatoms. The summed E-state index contributed by atoms with van der Waals surface area (Å²) in [6.07, 6.45) is 6.23. The van der Waals surface area contributed by atoms with E-state index in [1.54, 1.807) is 0 Å². The summed E-state index contributed by atoms with van der Waals surface area (Å²) < 4.78 is 1.98. The minimum Gasteiger partial charge on any atom is -0.389 e. The summed E-state index contributed by atoms with van der Waals surface area (Å²) in [4.78, 5) is 2.18. The summed E-state index contributed by atoms with van der Waals surface area (Å²) in [7, 11) is 2.06. The van der Waals surface area contributed by atoms with Crippen LogP contribution >= 0.6 is 0 Å². The molecule has 0 aromatic carbocycles. The van der Waals surface area contributed by atoms with Gasteiger partial charge in [0, 0.05) is 25.3 Å². The van der Waals surface area contributed by atoms with Gasteiger partial charge in [-0.1, -0.05) is 12.8 Å². The van der Waals surface area contributed by atoms with Crippen LogP contribution in [0.15, 0.2) is 12.3 Å². The summed E-state index contributed by atoms with van der Waals surface area (Å²) in [5.41, 5.74) is 0.614. The molecule has 0 amide bonds. The molecule has 1 N–H and O–H groups in total. The number of rotatable bonds is 5. The van der Waals surface area contributed by atoms with E-state index in [0.29, 0.717) is 6.04 Å². The van der Waals surface area contributed by atoms with E-state index in [1.165, 1.54) is 0 Å². The zero-order valence-electron chi connectivity index (χ0n) is 11.8. The van der Waals surface area contributed by atoms with E-state index in [0.717, 1.165) is 44.5 Å². The van der Waals surface area contributed by atoms with Crippen LogP contribution in [-0.4, -0.2) is 39.0 Å². The van der Waals surface area contributed by atoms with Crippen molar-refractivity contribution in [1.29, 1.82) is 0 Å². The first-order valence-electron chi connectivity index (χ1n) is 6.93. The second-order valence-corrected chi connectivity index (χ2v) is 5.98. The van der Waals surface area contributed by atoms with Crippen LogP contribution in [0, 0.1) is 0 Å². The Morgan fingerprint density at radius 1 is 1.44 bits per heavy atom. The first-order chi connectivity index (χ1) is 8.48. The van der Waals surface area contributed by atoms with Gasteiger partial charge in [0.15, 0.2) is 0 Å². The Balaban J connectivity index is 1.88. The van der Waals surface area contributed by atoms with Crippen molar-refractivity contribution in [2.24, 2.45) is 0 Å². The lowest BCUT2D eigenvalue weighted by molar-refractivity contribution is 0.0142. The van der Waals surface area contributed by atoms with Crippen LogP contribution < -0.4 is 0 Å². The molecule has 0 unspecified atom stereocenters. The van der Waals surface area contributed by atoms with Crippen molar-refractivity contribution >= 4 is 0 Å². The molecule has 1 heterocycles. The van der Waals surface area contributed by atoms with Crippen molar-refractivity contribution in [2.75, 3.05) is 13.6 Å². The first kappa shape index (κ1) is 13.6. The SMILES string of the molecule is CC(C)n1ccc(CN(C)CC2(O)CCCC2)n1. The Kier molecular flexibility index (Phi) is 4.07. The van der Waals surface area contributed by atoms with Gasteiger partial charge in [-0.05, 0) is 39.8 Å². The van der Waals surface area contributed by atoms with E-state index in [1.807, 2.05) is 10.9 Å². The van der Waals surface area contributed by atoms with E-state index in [2.05, 4.69) is 37.0 Å². The number of hydrogen-bond donors (Lipinski definition) is 1. The van der Waals surface area contributed by atoms with Gasteiger partial charge in [0.25, 0.3) is 0 Å². The van der Waals surface area contributed by atoms with Crippen LogP contribution in [0.4, 0.5) is 0 Å². The van der Waals surface area contributed by atoms with Crippen molar-refractivity contribution < 1.29 is 5.11 Å². The molecular formula is C14H25N3O. The Morgan fingerprint density at radius 3 is 2.67 bits per heavy atom. The number of aromatic nitrogens is 2. The molecule has 0 atom stereocenters. The third-order valence-corrected chi connectivity index (χ3v) is 3.72. The molecule has 2 rings (SSSR count). The van der Waals surface area contributed by atoms with Gasteiger partial charge in [-0.3, -0.25) is 9.58 Å². The van der Waals surface area contributed by atoms with E-state index in [9.17, 15) is 5.11 Å². The largest absolute Gasteiger partial charge is 0.389 e. The summed E-state index contributed by atoms with van der Waals surface area (Å²) in [6, 6.07) is 2.47. The molecule has 0 saturated heterocycles. The molecular weight excluding hydrogens is 226 g/mol. The molecule has 1 aliphatic carbocycles. The van der Waals surface area contributed by atoms with Crippen LogP contribution in [-0.2, 0) is 6.54 Å². The van der Waals surface area contributed by atoms with Gasteiger partial charge in [-0.25, -0.2) is 0 Å². The summed E-state index contributed by atoms with van der Waals surface area (Å²) in [5.74, 6) is 0. The Labute approximate surface area is 110 Å². The third kappa shape index (κ3) is 3.33. The van der Waals surface area contributed by atoms with E-state index < -0.39 is 5.60 Å². The minimum atomic E-state index is -0.463. The van der Waals surface area contributed by atoms with Gasteiger partial charge in [-0.2, -0.15) is 5.10 Å². The van der Waals surface area contributed by atoms with Crippen molar-refractivity contribution in [1.82, 2.24) is 14.7 Å². The van der Waals surface area contributed by atoms with Crippen molar-refractivity contribution in [3.8, 4) is 0 Å². The van der Waals surface area contributed by atoms with Gasteiger partial charge < -0.3 is 5.11 Å². The predicted octanol–water partition coefficient (Wildman–Crippen LogP) is 2.20. The van der Waals surface area contributed by atoms with Gasteiger partial charge in [0.1, 0.15) is 0 Å². The average molecular weight is 251 g/mol. The molecule has 1 saturated carbocycles. The molecule has 18 heavy (non-hydrogen) atoms. The fourth-order valence-corrected chi connectivity index (χ4v) is 2.78. The zero-order valence-corrected chi connectivity index (χ0v) is 11.8. The van der Waals surface area contributed by atoms with Crippen molar-refractivity contribution in [2.45, 2.75) is 57.7 Å². The maximum Gasteiger partial charge on any atom is 0.0774 e. The highest BCUT2D eigenvalue weighted by molar-refractivity contribution is 5.00. The number of aliphatic hydroxyl groups is 1. The molecule has 0 bridgehead atoms. The Morgan fingerprint density at radius 2 is 2.11 bits per heavy atom. The quantitative estimate of drug-likeness (QED) is 0.872. The lowest BCUT2D eigenvalue weighted by Crippen LogP contribution is -2.38. The van der Waals surface area contributed by atoms with Crippen molar-refractivity contribution in [3.05, 3.63) is 18.0 Å². The smallest absolute Gasteiger partial charge is 0.0774 e. The van der Waals surface area contributed by atoms with Gasteiger partial charge in [-0.15, -0.1) is 0 Å². The molecule has 1 aromatic rings. The lowest BCUT2D eigenvalue weighted by Gasteiger charge is -2.28. The van der Waals surface area contributed by atoms with Gasteiger partial charge in [0.05, 0.1) is 11.3 Å². The molecule has 1 aromatic heterocycles. The fraction of sp³-hybridized carbons (Fsp3) is 0.786. The molecule has 4 nitrogen and oxygen atoms in total. The number of hydrogen-bond acceptors (Lipinski definition) is 3. The highest BCUT2D eigenvalue weighted by atomic mass is 16.3. The lowest BCUT2D eigenvalue weighted by atomic mass is 10.0. The van der Waals surface area contributed by atoms with Crippen LogP contribution in [0.5, 0.6) is 0 Å². The van der Waals surface area contributed by atoms with Gasteiger partial charge in [0.2, 0.25) is 0 Å². The second-order valence-electron chi connectivity index (χ2n) is 5.98. The normalized spacial score (nSPS) is 19.0. The van der Waals surface area contributed by atoms with E-state index in [4.69, 9.17) is 0 Å². The zero-order chi connectivity index (χ0) is 13.2. The fourth-order valence-electron chi connectivity index (χ4n) is 2.78. The summed E-state index contributed by atoms with van der Waals surface area (Å²) in [5, 5.41) is 14.9. The Bertz CT molecular complexity index is 380. The molecule has 0 aliphatic heterocycles.